The number of hydrogen-bond donors (Lipinski definition) is 0. The van der Waals surface area contributed by atoms with Gasteiger partial charge in [0.1, 0.15) is 19.0 Å². The van der Waals surface area contributed by atoms with Gasteiger partial charge in [-0.3, -0.25) is 4.79 Å². The van der Waals surface area contributed by atoms with E-state index in [1.54, 1.807) is 4.90 Å². The van der Waals surface area contributed by atoms with E-state index in [1.807, 2.05) is 31.2 Å². The lowest BCUT2D eigenvalue weighted by atomic mass is 10.1. The minimum atomic E-state index is -2.50. The van der Waals surface area contributed by atoms with Gasteiger partial charge in [-0.25, -0.2) is 8.78 Å². The van der Waals surface area contributed by atoms with Crippen LogP contribution in [0.15, 0.2) is 24.3 Å². The average Bonchev–Trinajstić information content (AvgIpc) is 2.63. The van der Waals surface area contributed by atoms with Crippen molar-refractivity contribution in [3.05, 3.63) is 29.8 Å². The third kappa shape index (κ3) is 4.39. The Kier molecular flexibility index (Phi) is 5.50. The molecule has 0 saturated carbocycles. The number of halogens is 2. The number of benzene rings is 1. The number of carbonyl (C=O) groups is 1. The van der Waals surface area contributed by atoms with Gasteiger partial charge in [-0.05, 0) is 13.0 Å². The Hall–Kier alpha value is -1.69. The second kappa shape index (κ2) is 7.36. The summed E-state index contributed by atoms with van der Waals surface area (Å²) in [6.07, 6.45) is -2.41. The SMILES string of the molecule is CC1COc2ccccc2CN1C(=O)CCOCC(F)F. The van der Waals surface area contributed by atoms with Crippen molar-refractivity contribution < 1.29 is 23.0 Å². The van der Waals surface area contributed by atoms with Crippen LogP contribution in [-0.4, -0.2) is 43.1 Å². The molecule has 0 aliphatic carbocycles. The van der Waals surface area contributed by atoms with Crippen LogP contribution in [0, 0.1) is 0 Å². The number of hydrogen-bond acceptors (Lipinski definition) is 3. The Morgan fingerprint density at radius 3 is 3.00 bits per heavy atom. The molecule has 1 atom stereocenters. The zero-order valence-electron chi connectivity index (χ0n) is 11.9. The van der Waals surface area contributed by atoms with Crippen LogP contribution >= 0.6 is 0 Å². The molecule has 0 N–H and O–H groups in total. The predicted molar refractivity (Wildman–Crippen MR) is 73.4 cm³/mol. The normalized spacial score (nSPS) is 18.1. The van der Waals surface area contributed by atoms with E-state index < -0.39 is 13.0 Å². The summed E-state index contributed by atoms with van der Waals surface area (Å²) in [6, 6.07) is 7.51. The third-order valence-electron chi connectivity index (χ3n) is 3.35. The van der Waals surface area contributed by atoms with Gasteiger partial charge in [0, 0.05) is 12.1 Å². The Bertz CT molecular complexity index is 482. The Morgan fingerprint density at radius 1 is 1.48 bits per heavy atom. The van der Waals surface area contributed by atoms with E-state index in [0.717, 1.165) is 11.3 Å². The summed E-state index contributed by atoms with van der Waals surface area (Å²) >= 11 is 0. The van der Waals surface area contributed by atoms with Gasteiger partial charge in [0.2, 0.25) is 5.91 Å². The molecule has 1 aromatic carbocycles. The fraction of sp³-hybridized carbons (Fsp3) is 0.533. The van der Waals surface area contributed by atoms with Crippen molar-refractivity contribution in [1.29, 1.82) is 0 Å². The topological polar surface area (TPSA) is 38.8 Å². The first-order chi connectivity index (χ1) is 10.1. The van der Waals surface area contributed by atoms with Crippen LogP contribution in [0.1, 0.15) is 18.9 Å². The lowest BCUT2D eigenvalue weighted by molar-refractivity contribution is -0.135. The van der Waals surface area contributed by atoms with Crippen molar-refractivity contribution in [3.63, 3.8) is 0 Å². The molecule has 0 bridgehead atoms. The maximum absolute atomic E-state index is 12.2. The minimum absolute atomic E-state index is 0.00883. The molecule has 1 aliphatic rings. The molecule has 0 saturated heterocycles. The Morgan fingerprint density at radius 2 is 2.24 bits per heavy atom. The van der Waals surface area contributed by atoms with Gasteiger partial charge in [-0.2, -0.15) is 0 Å². The van der Waals surface area contributed by atoms with Gasteiger partial charge in [0.25, 0.3) is 6.43 Å². The van der Waals surface area contributed by atoms with Crippen LogP contribution in [-0.2, 0) is 16.1 Å². The van der Waals surface area contributed by atoms with E-state index in [9.17, 15) is 13.6 Å². The molecule has 1 amide bonds. The van der Waals surface area contributed by atoms with E-state index in [1.165, 1.54) is 0 Å². The molecule has 0 spiro atoms. The van der Waals surface area contributed by atoms with E-state index in [2.05, 4.69) is 0 Å². The Labute approximate surface area is 122 Å². The summed E-state index contributed by atoms with van der Waals surface area (Å²) in [5, 5.41) is 0. The number of nitrogens with zero attached hydrogens (tertiary/aromatic N) is 1. The van der Waals surface area contributed by atoms with Crippen molar-refractivity contribution in [2.45, 2.75) is 32.4 Å². The molecule has 2 rings (SSSR count). The van der Waals surface area contributed by atoms with Gasteiger partial charge in [-0.15, -0.1) is 0 Å². The molecule has 4 nitrogen and oxygen atoms in total. The van der Waals surface area contributed by atoms with Crippen molar-refractivity contribution >= 4 is 5.91 Å². The lowest BCUT2D eigenvalue weighted by Gasteiger charge is -2.26. The van der Waals surface area contributed by atoms with Gasteiger partial charge in [0.15, 0.2) is 0 Å². The van der Waals surface area contributed by atoms with E-state index in [4.69, 9.17) is 9.47 Å². The monoisotopic (exact) mass is 299 g/mol. The summed E-state index contributed by atoms with van der Waals surface area (Å²) in [6.45, 7) is 2.17. The highest BCUT2D eigenvalue weighted by atomic mass is 19.3. The van der Waals surface area contributed by atoms with Crippen molar-refractivity contribution in [3.8, 4) is 5.75 Å². The number of carbonyl (C=O) groups excluding carboxylic acids is 1. The molecule has 1 aliphatic heterocycles. The first-order valence-corrected chi connectivity index (χ1v) is 6.94. The second-order valence-corrected chi connectivity index (χ2v) is 5.01. The number of ether oxygens (including phenoxy) is 2. The summed E-state index contributed by atoms with van der Waals surface area (Å²) < 4.78 is 34.4. The van der Waals surface area contributed by atoms with Gasteiger partial charge < -0.3 is 14.4 Å². The van der Waals surface area contributed by atoms with Crippen molar-refractivity contribution in [2.24, 2.45) is 0 Å². The Balaban J connectivity index is 1.93. The number of alkyl halides is 2. The van der Waals surface area contributed by atoms with Crippen LogP contribution in [0.2, 0.25) is 0 Å². The van der Waals surface area contributed by atoms with Crippen molar-refractivity contribution in [2.75, 3.05) is 19.8 Å². The molecule has 1 aromatic rings. The number of para-hydroxylation sites is 1. The molecular formula is C15H19F2NO3. The van der Waals surface area contributed by atoms with Crippen LogP contribution in [0.5, 0.6) is 5.75 Å². The smallest absolute Gasteiger partial charge is 0.261 e. The minimum Gasteiger partial charge on any atom is -0.491 e. The predicted octanol–water partition coefficient (Wildman–Crippen LogP) is 2.47. The largest absolute Gasteiger partial charge is 0.491 e. The fourth-order valence-corrected chi connectivity index (χ4v) is 2.22. The number of rotatable bonds is 5. The molecular weight excluding hydrogens is 280 g/mol. The summed E-state index contributed by atoms with van der Waals surface area (Å²) in [7, 11) is 0. The van der Waals surface area contributed by atoms with Crippen LogP contribution in [0.4, 0.5) is 8.78 Å². The molecule has 0 radical (unpaired) electrons. The standard InChI is InChI=1S/C15H19F2NO3/c1-11-9-21-13-5-3-2-4-12(13)8-18(11)15(19)6-7-20-10-14(16)17/h2-5,11,14H,6-10H2,1H3. The zero-order valence-corrected chi connectivity index (χ0v) is 11.9. The highest BCUT2D eigenvalue weighted by molar-refractivity contribution is 5.76. The summed E-state index contributed by atoms with van der Waals surface area (Å²) in [5.41, 5.74) is 0.948. The second-order valence-electron chi connectivity index (χ2n) is 5.01. The van der Waals surface area contributed by atoms with E-state index in [0.29, 0.717) is 13.2 Å². The van der Waals surface area contributed by atoms with Gasteiger partial charge in [-0.1, -0.05) is 18.2 Å². The van der Waals surface area contributed by atoms with Crippen LogP contribution in [0.3, 0.4) is 0 Å². The first-order valence-electron chi connectivity index (χ1n) is 6.94. The molecule has 0 fully saturated rings. The maximum atomic E-state index is 12.2. The van der Waals surface area contributed by atoms with E-state index >= 15 is 0 Å². The van der Waals surface area contributed by atoms with E-state index in [-0.39, 0.29) is 25.0 Å². The van der Waals surface area contributed by atoms with Gasteiger partial charge in [0.05, 0.1) is 19.1 Å². The molecule has 116 valence electrons. The fourth-order valence-electron chi connectivity index (χ4n) is 2.22. The zero-order chi connectivity index (χ0) is 15.2. The highest BCUT2D eigenvalue weighted by Gasteiger charge is 2.25. The summed E-state index contributed by atoms with van der Waals surface area (Å²) in [4.78, 5) is 13.9. The molecule has 21 heavy (non-hydrogen) atoms. The van der Waals surface area contributed by atoms with Crippen LogP contribution < -0.4 is 4.74 Å². The molecule has 6 heteroatoms. The molecule has 1 unspecified atom stereocenters. The average molecular weight is 299 g/mol. The molecule has 1 heterocycles. The summed E-state index contributed by atoms with van der Waals surface area (Å²) in [5.74, 6) is 0.672. The van der Waals surface area contributed by atoms with Gasteiger partial charge >= 0.3 is 0 Å². The third-order valence-corrected chi connectivity index (χ3v) is 3.35. The van der Waals surface area contributed by atoms with Crippen LogP contribution in [0.25, 0.3) is 0 Å². The maximum Gasteiger partial charge on any atom is 0.261 e. The molecule has 0 aromatic heterocycles. The number of amides is 1. The lowest BCUT2D eigenvalue weighted by Crippen LogP contribution is -2.40. The number of fused-ring (bicyclic) bond motifs is 1. The van der Waals surface area contributed by atoms with Crippen molar-refractivity contribution in [1.82, 2.24) is 4.90 Å². The highest BCUT2D eigenvalue weighted by Crippen LogP contribution is 2.25. The quantitative estimate of drug-likeness (QED) is 0.784. The first kappa shape index (κ1) is 15.7.